The van der Waals surface area contributed by atoms with Gasteiger partial charge in [-0.1, -0.05) is 25.0 Å². The summed E-state index contributed by atoms with van der Waals surface area (Å²) in [6.45, 7) is 3.32. The number of nitrogens with zero attached hydrogens (tertiary/aromatic N) is 2. The zero-order valence-corrected chi connectivity index (χ0v) is 17.5. The van der Waals surface area contributed by atoms with Gasteiger partial charge in [-0.2, -0.15) is 0 Å². The van der Waals surface area contributed by atoms with Crippen molar-refractivity contribution in [2.75, 3.05) is 7.05 Å². The van der Waals surface area contributed by atoms with Crippen LogP contribution in [0.1, 0.15) is 51.1 Å². The van der Waals surface area contributed by atoms with E-state index in [1.807, 2.05) is 0 Å². The number of nitrogens with one attached hydrogen (secondary N) is 1. The number of hydrogen-bond donors (Lipinski definition) is 2. The van der Waals surface area contributed by atoms with E-state index in [-0.39, 0.29) is 16.7 Å². The van der Waals surface area contributed by atoms with E-state index in [0.717, 1.165) is 17.7 Å². The molecule has 0 aromatic heterocycles. The van der Waals surface area contributed by atoms with Crippen LogP contribution in [0.5, 0.6) is 0 Å². The van der Waals surface area contributed by atoms with Gasteiger partial charge in [-0.15, -0.1) is 0 Å². The molecule has 1 aliphatic heterocycles. The second-order valence-corrected chi connectivity index (χ2v) is 9.37. The molecule has 1 aromatic rings. The lowest BCUT2D eigenvalue weighted by Gasteiger charge is -2.31. The third-order valence-electron chi connectivity index (χ3n) is 6.01. The maximum absolute atomic E-state index is 13.0. The first-order valence-electron chi connectivity index (χ1n) is 9.53. The molecule has 158 valence electrons. The SMILES string of the molecule is CC(c1ccc(S(N)(=O)=O)cc1)N(C)C(=O)C(C)N1C(=O)NC2(CCCC2)C1=O. The molecule has 4 amide bonds. The van der Waals surface area contributed by atoms with Gasteiger partial charge in [-0.3, -0.25) is 9.59 Å². The molecule has 0 radical (unpaired) electrons. The number of rotatable bonds is 5. The minimum Gasteiger partial charge on any atom is -0.337 e. The van der Waals surface area contributed by atoms with Crippen molar-refractivity contribution in [2.24, 2.45) is 5.14 Å². The van der Waals surface area contributed by atoms with Crippen LogP contribution in [0.3, 0.4) is 0 Å². The highest BCUT2D eigenvalue weighted by atomic mass is 32.2. The monoisotopic (exact) mass is 422 g/mol. The highest BCUT2D eigenvalue weighted by Crippen LogP contribution is 2.36. The van der Waals surface area contributed by atoms with Crippen LogP contribution in [-0.2, 0) is 19.6 Å². The molecule has 1 heterocycles. The zero-order valence-electron chi connectivity index (χ0n) is 16.7. The van der Waals surface area contributed by atoms with Crippen LogP contribution in [0, 0.1) is 0 Å². The van der Waals surface area contributed by atoms with E-state index in [1.54, 1.807) is 33.0 Å². The number of carbonyl (C=O) groups excluding carboxylic acids is 3. The lowest BCUT2D eigenvalue weighted by molar-refractivity contribution is -0.143. The van der Waals surface area contributed by atoms with Gasteiger partial charge in [-0.25, -0.2) is 23.3 Å². The van der Waals surface area contributed by atoms with E-state index in [0.29, 0.717) is 18.4 Å². The second kappa shape index (κ2) is 7.42. The minimum absolute atomic E-state index is 0.0167. The van der Waals surface area contributed by atoms with E-state index in [2.05, 4.69) is 5.32 Å². The molecule has 10 heteroatoms. The molecule has 1 saturated carbocycles. The van der Waals surface area contributed by atoms with Crippen molar-refractivity contribution < 1.29 is 22.8 Å². The molecule has 0 bridgehead atoms. The average Bonchev–Trinajstić information content (AvgIpc) is 3.24. The van der Waals surface area contributed by atoms with Gasteiger partial charge in [0.15, 0.2) is 0 Å². The van der Waals surface area contributed by atoms with Crippen LogP contribution in [0.15, 0.2) is 29.2 Å². The number of amides is 4. The van der Waals surface area contributed by atoms with Gasteiger partial charge in [0, 0.05) is 7.05 Å². The highest BCUT2D eigenvalue weighted by Gasteiger charge is 2.54. The molecule has 2 fully saturated rings. The first kappa shape index (κ1) is 21.3. The van der Waals surface area contributed by atoms with Crippen molar-refractivity contribution in [1.29, 1.82) is 0 Å². The Bertz CT molecular complexity index is 938. The summed E-state index contributed by atoms with van der Waals surface area (Å²) in [6, 6.07) is 4.05. The second-order valence-electron chi connectivity index (χ2n) is 7.81. The Balaban J connectivity index is 1.75. The summed E-state index contributed by atoms with van der Waals surface area (Å²) < 4.78 is 22.8. The fourth-order valence-corrected chi connectivity index (χ4v) is 4.58. The molecule has 3 N–H and O–H groups in total. The summed E-state index contributed by atoms with van der Waals surface area (Å²) in [7, 11) is -2.21. The summed E-state index contributed by atoms with van der Waals surface area (Å²) in [5.74, 6) is -0.717. The van der Waals surface area contributed by atoms with Crippen LogP contribution in [0.4, 0.5) is 4.79 Å². The Morgan fingerprint density at radius 1 is 1.17 bits per heavy atom. The maximum atomic E-state index is 13.0. The third-order valence-corrected chi connectivity index (χ3v) is 6.94. The third kappa shape index (κ3) is 3.74. The molecular weight excluding hydrogens is 396 g/mol. The summed E-state index contributed by atoms with van der Waals surface area (Å²) in [5, 5.41) is 7.89. The van der Waals surface area contributed by atoms with Crippen molar-refractivity contribution in [1.82, 2.24) is 15.1 Å². The number of likely N-dealkylation sites (N-methyl/N-ethyl adjacent to an activating group) is 1. The molecule has 3 rings (SSSR count). The zero-order chi connectivity index (χ0) is 21.6. The van der Waals surface area contributed by atoms with E-state index >= 15 is 0 Å². The van der Waals surface area contributed by atoms with Crippen molar-refractivity contribution in [3.63, 3.8) is 0 Å². The summed E-state index contributed by atoms with van der Waals surface area (Å²) in [6.07, 6.45) is 2.93. The van der Waals surface area contributed by atoms with Crippen LogP contribution >= 0.6 is 0 Å². The van der Waals surface area contributed by atoms with Gasteiger partial charge in [-0.05, 0) is 44.4 Å². The number of hydrogen-bond acceptors (Lipinski definition) is 5. The Labute approximate surface area is 170 Å². The number of imide groups is 1. The van der Waals surface area contributed by atoms with Crippen LogP contribution in [-0.4, -0.2) is 54.7 Å². The Kier molecular flexibility index (Phi) is 5.44. The molecule has 2 aliphatic rings. The van der Waals surface area contributed by atoms with Gasteiger partial charge in [0.1, 0.15) is 11.6 Å². The van der Waals surface area contributed by atoms with Crippen molar-refractivity contribution >= 4 is 27.9 Å². The van der Waals surface area contributed by atoms with Gasteiger partial charge in [0.05, 0.1) is 10.9 Å². The van der Waals surface area contributed by atoms with E-state index < -0.39 is 33.7 Å². The fraction of sp³-hybridized carbons (Fsp3) is 0.526. The van der Waals surface area contributed by atoms with Crippen LogP contribution in [0.25, 0.3) is 0 Å². The average molecular weight is 423 g/mol. The molecule has 29 heavy (non-hydrogen) atoms. The number of sulfonamides is 1. The smallest absolute Gasteiger partial charge is 0.325 e. The van der Waals surface area contributed by atoms with E-state index in [1.165, 1.54) is 17.0 Å². The fourth-order valence-electron chi connectivity index (χ4n) is 4.07. The predicted molar refractivity (Wildman–Crippen MR) is 105 cm³/mol. The number of benzene rings is 1. The van der Waals surface area contributed by atoms with Crippen LogP contribution in [0.2, 0.25) is 0 Å². The number of urea groups is 1. The molecular formula is C19H26N4O5S. The summed E-state index contributed by atoms with van der Waals surface area (Å²) in [5.41, 5.74) is -0.163. The number of carbonyl (C=O) groups is 3. The van der Waals surface area contributed by atoms with Crippen molar-refractivity contribution in [2.45, 2.75) is 62.0 Å². The normalized spacial score (nSPS) is 20.6. The topological polar surface area (TPSA) is 130 Å². The maximum Gasteiger partial charge on any atom is 0.325 e. The first-order valence-corrected chi connectivity index (χ1v) is 11.1. The molecule has 1 saturated heterocycles. The van der Waals surface area contributed by atoms with Gasteiger partial charge in [0.2, 0.25) is 15.9 Å². The van der Waals surface area contributed by atoms with Crippen LogP contribution < -0.4 is 10.5 Å². The van der Waals surface area contributed by atoms with Gasteiger partial charge in [0.25, 0.3) is 5.91 Å². The molecule has 2 unspecified atom stereocenters. The number of primary sulfonamides is 1. The minimum atomic E-state index is -3.80. The van der Waals surface area contributed by atoms with Crippen molar-refractivity contribution in [3.05, 3.63) is 29.8 Å². The highest BCUT2D eigenvalue weighted by molar-refractivity contribution is 7.89. The molecule has 1 aromatic carbocycles. The standard InChI is InChI=1S/C19H26N4O5S/c1-12(14-6-8-15(9-7-14)29(20,27)28)22(3)16(24)13(2)23-17(25)19(21-18(23)26)10-4-5-11-19/h6-9,12-13H,4-5,10-11H2,1-3H3,(H,21,26)(H2,20,27,28). The number of nitrogens with two attached hydrogens (primary N) is 1. The Morgan fingerprint density at radius 3 is 2.24 bits per heavy atom. The van der Waals surface area contributed by atoms with E-state index in [9.17, 15) is 22.8 Å². The molecule has 1 aliphatic carbocycles. The van der Waals surface area contributed by atoms with Crippen molar-refractivity contribution in [3.8, 4) is 0 Å². The molecule has 9 nitrogen and oxygen atoms in total. The molecule has 2 atom stereocenters. The van der Waals surface area contributed by atoms with Gasteiger partial charge < -0.3 is 10.2 Å². The lowest BCUT2D eigenvalue weighted by atomic mass is 9.97. The summed E-state index contributed by atoms with van der Waals surface area (Å²) in [4.78, 5) is 40.8. The predicted octanol–water partition coefficient (Wildman–Crippen LogP) is 1.11. The lowest BCUT2D eigenvalue weighted by Crippen LogP contribution is -2.50. The van der Waals surface area contributed by atoms with Gasteiger partial charge >= 0.3 is 6.03 Å². The van der Waals surface area contributed by atoms with E-state index in [4.69, 9.17) is 5.14 Å². The summed E-state index contributed by atoms with van der Waals surface area (Å²) >= 11 is 0. The Morgan fingerprint density at radius 2 is 1.72 bits per heavy atom. The first-order chi connectivity index (χ1) is 13.5. The quantitative estimate of drug-likeness (QED) is 0.687. The Hall–Kier alpha value is -2.46. The largest absolute Gasteiger partial charge is 0.337 e. The molecule has 1 spiro atoms.